The Balaban J connectivity index is 2.04. The first-order chi connectivity index (χ1) is 16.3. The number of hydrogen-bond donors (Lipinski definition) is 2. The van der Waals surface area contributed by atoms with Gasteiger partial charge in [-0.1, -0.05) is 0 Å². The van der Waals surface area contributed by atoms with Crippen LogP contribution < -0.4 is 25.2 Å². The zero-order valence-electron chi connectivity index (χ0n) is 19.8. The van der Waals surface area contributed by atoms with E-state index >= 15 is 0 Å². The summed E-state index contributed by atoms with van der Waals surface area (Å²) in [6.45, 7) is 5.69. The lowest BCUT2D eigenvalue weighted by Crippen LogP contribution is -2.07. The van der Waals surface area contributed by atoms with Crippen LogP contribution in [-0.4, -0.2) is 36.1 Å². The van der Waals surface area contributed by atoms with Gasteiger partial charge in [0.15, 0.2) is 22.5 Å². The van der Waals surface area contributed by atoms with Gasteiger partial charge in [-0.2, -0.15) is 0 Å². The predicted octanol–water partition coefficient (Wildman–Crippen LogP) is 4.50. The summed E-state index contributed by atoms with van der Waals surface area (Å²) >= 11 is 0. The molecule has 34 heavy (non-hydrogen) atoms. The van der Waals surface area contributed by atoms with Crippen molar-refractivity contribution in [1.29, 1.82) is 0 Å². The lowest BCUT2D eigenvalue weighted by molar-refractivity contribution is 0.324. The Bertz CT molecular complexity index is 1670. The fraction of sp³-hybridized carbons (Fsp3) is 0.280. The first-order valence-electron chi connectivity index (χ1n) is 10.8. The van der Waals surface area contributed by atoms with Gasteiger partial charge in [0.2, 0.25) is 5.75 Å². The number of fused-ring (bicyclic) bond motifs is 4. The fourth-order valence-electron chi connectivity index (χ4n) is 4.50. The topological polar surface area (TPSA) is 111 Å². The van der Waals surface area contributed by atoms with Gasteiger partial charge in [0, 0.05) is 22.6 Å². The summed E-state index contributed by atoms with van der Waals surface area (Å²) in [7, 11) is 4.60. The van der Waals surface area contributed by atoms with Gasteiger partial charge in [-0.3, -0.25) is 19.4 Å². The summed E-state index contributed by atoms with van der Waals surface area (Å²) in [4.78, 5) is 28.9. The molecule has 5 rings (SSSR count). The number of nitrogens with one attached hydrogen (secondary N) is 2. The lowest BCUT2D eigenvalue weighted by Gasteiger charge is -2.15. The molecule has 0 unspecified atom stereocenters. The first kappa shape index (κ1) is 21.7. The number of ether oxygens (including phenoxy) is 3. The highest BCUT2D eigenvalue weighted by Gasteiger charge is 2.25. The van der Waals surface area contributed by atoms with E-state index in [0.717, 1.165) is 5.39 Å². The summed E-state index contributed by atoms with van der Waals surface area (Å²) in [5.74, 6) is 1.33. The normalized spacial score (nSPS) is 11.7. The summed E-state index contributed by atoms with van der Waals surface area (Å²) < 4.78 is 24.7. The Kier molecular flexibility index (Phi) is 4.93. The quantitative estimate of drug-likeness (QED) is 0.397. The van der Waals surface area contributed by atoms with E-state index in [1.54, 1.807) is 29.8 Å². The summed E-state index contributed by atoms with van der Waals surface area (Å²) in [5, 5.41) is 4.11. The summed E-state index contributed by atoms with van der Waals surface area (Å²) in [5.41, 5.74) is 3.55. The maximum atomic E-state index is 13.2. The van der Waals surface area contributed by atoms with Gasteiger partial charge in [-0.15, -0.1) is 0 Å². The second-order valence-electron chi connectivity index (χ2n) is 8.41. The van der Waals surface area contributed by atoms with Crippen molar-refractivity contribution in [2.45, 2.75) is 26.8 Å². The number of aryl methyl sites for hydroxylation is 1. The number of aromatic nitrogens is 3. The van der Waals surface area contributed by atoms with E-state index in [0.29, 0.717) is 61.7 Å². The number of furan rings is 1. The van der Waals surface area contributed by atoms with Gasteiger partial charge in [0.25, 0.3) is 5.56 Å². The Hall–Kier alpha value is -4.14. The molecular weight excluding hydrogens is 438 g/mol. The molecule has 0 amide bonds. The van der Waals surface area contributed by atoms with Crippen LogP contribution in [-0.2, 0) is 0 Å². The highest BCUT2D eigenvalue weighted by Crippen LogP contribution is 2.45. The second kappa shape index (κ2) is 7.72. The van der Waals surface area contributed by atoms with Crippen LogP contribution in [0.4, 0.5) is 0 Å². The number of aromatic amines is 2. The van der Waals surface area contributed by atoms with Crippen molar-refractivity contribution >= 4 is 33.1 Å². The maximum absolute atomic E-state index is 13.2. The molecule has 0 saturated heterocycles. The van der Waals surface area contributed by atoms with Gasteiger partial charge in [0.1, 0.15) is 11.2 Å². The minimum absolute atomic E-state index is 0.0140. The van der Waals surface area contributed by atoms with Crippen molar-refractivity contribution in [3.63, 3.8) is 0 Å². The molecule has 0 aliphatic heterocycles. The van der Waals surface area contributed by atoms with Crippen LogP contribution in [0.3, 0.4) is 0 Å². The van der Waals surface area contributed by atoms with Gasteiger partial charge < -0.3 is 23.6 Å². The maximum Gasteiger partial charge on any atom is 0.274 e. The van der Waals surface area contributed by atoms with Gasteiger partial charge in [-0.05, 0) is 50.6 Å². The molecule has 3 heterocycles. The number of H-pyrrole nitrogens is 2. The van der Waals surface area contributed by atoms with Crippen LogP contribution in [0.15, 0.2) is 38.3 Å². The molecule has 3 aromatic heterocycles. The Labute approximate surface area is 193 Å². The highest BCUT2D eigenvalue weighted by atomic mass is 16.5. The van der Waals surface area contributed by atoms with E-state index in [4.69, 9.17) is 18.6 Å². The van der Waals surface area contributed by atoms with Crippen molar-refractivity contribution in [3.8, 4) is 28.4 Å². The van der Waals surface area contributed by atoms with Crippen LogP contribution >= 0.6 is 0 Å². The third-order valence-electron chi connectivity index (χ3n) is 6.17. The van der Waals surface area contributed by atoms with Crippen molar-refractivity contribution in [1.82, 2.24) is 14.8 Å². The molecule has 2 N–H and O–H groups in total. The highest BCUT2D eigenvalue weighted by molar-refractivity contribution is 6.15. The fourth-order valence-corrected chi connectivity index (χ4v) is 4.50. The molecule has 0 spiro atoms. The minimum atomic E-state index is -0.271. The second-order valence-corrected chi connectivity index (χ2v) is 8.41. The van der Waals surface area contributed by atoms with Crippen molar-refractivity contribution < 1.29 is 18.6 Å². The average Bonchev–Trinajstić information content (AvgIpc) is 3.37. The Morgan fingerprint density at radius 1 is 0.971 bits per heavy atom. The smallest absolute Gasteiger partial charge is 0.274 e. The molecule has 0 bridgehead atoms. The van der Waals surface area contributed by atoms with Crippen LogP contribution in [0.25, 0.3) is 44.2 Å². The van der Waals surface area contributed by atoms with E-state index in [1.165, 1.54) is 27.4 Å². The molecule has 0 radical (unpaired) electrons. The number of rotatable bonds is 5. The van der Waals surface area contributed by atoms with Crippen LogP contribution in [0.1, 0.15) is 25.5 Å². The molecule has 9 nitrogen and oxygen atoms in total. The molecule has 9 heteroatoms. The molecule has 2 aromatic carbocycles. The summed E-state index contributed by atoms with van der Waals surface area (Å²) in [6.07, 6.45) is 0. The van der Waals surface area contributed by atoms with Crippen LogP contribution in [0.2, 0.25) is 0 Å². The molecule has 0 fully saturated rings. The number of pyridine rings is 1. The summed E-state index contributed by atoms with van der Waals surface area (Å²) in [6, 6.07) is 6.81. The van der Waals surface area contributed by atoms with Crippen molar-refractivity contribution in [2.75, 3.05) is 21.3 Å². The van der Waals surface area contributed by atoms with E-state index in [2.05, 4.69) is 10.1 Å². The first-order valence-corrected chi connectivity index (χ1v) is 10.8. The van der Waals surface area contributed by atoms with Crippen molar-refractivity contribution in [3.05, 3.63) is 50.4 Å². The number of nitrogens with zero attached hydrogens (tertiary/aromatic N) is 1. The molecule has 176 valence electrons. The van der Waals surface area contributed by atoms with E-state index < -0.39 is 0 Å². The molecule has 0 aliphatic rings. The third-order valence-corrected chi connectivity index (χ3v) is 6.17. The van der Waals surface area contributed by atoms with E-state index in [1.807, 2.05) is 13.8 Å². The molecular formula is C25H25N3O6. The van der Waals surface area contributed by atoms with E-state index in [-0.39, 0.29) is 17.0 Å². The third kappa shape index (κ3) is 2.93. The number of methoxy groups -OCH3 is 3. The van der Waals surface area contributed by atoms with Gasteiger partial charge >= 0.3 is 0 Å². The number of hydrogen-bond acceptors (Lipinski definition) is 6. The number of benzene rings is 2. The molecule has 5 aromatic rings. The zero-order chi connectivity index (χ0) is 24.3. The molecule has 0 atom stereocenters. The molecule has 0 aliphatic carbocycles. The van der Waals surface area contributed by atoms with Gasteiger partial charge in [0.05, 0.1) is 32.2 Å². The van der Waals surface area contributed by atoms with Crippen LogP contribution in [0.5, 0.6) is 17.2 Å². The predicted molar refractivity (Wildman–Crippen MR) is 131 cm³/mol. The Morgan fingerprint density at radius 2 is 1.65 bits per heavy atom. The SMILES string of the molecule is COc1cc(-c2c3oc4c(C)c(=O)ccc4c3[nH]c3c2c(=O)[nH]n3C(C)C)cc(OC)c1OC. The minimum Gasteiger partial charge on any atom is -0.493 e. The standard InChI is InChI=1S/C25H25N3O6/c1-11(2)28-24-19(25(30)27-28)18(13-9-16(31-4)22(33-6)17(10-13)32-5)23-20(26-24)14-7-8-15(29)12(3)21(14)34-23/h7-11,26H,1-6H3,(H,27,30). The monoisotopic (exact) mass is 463 g/mol. The van der Waals surface area contributed by atoms with Crippen molar-refractivity contribution in [2.24, 2.45) is 0 Å². The Morgan fingerprint density at radius 3 is 2.24 bits per heavy atom. The van der Waals surface area contributed by atoms with Crippen LogP contribution in [0, 0.1) is 6.92 Å². The largest absolute Gasteiger partial charge is 0.493 e. The van der Waals surface area contributed by atoms with Gasteiger partial charge in [-0.25, -0.2) is 0 Å². The van der Waals surface area contributed by atoms with E-state index in [9.17, 15) is 9.59 Å². The average molecular weight is 463 g/mol. The molecule has 0 saturated carbocycles. The zero-order valence-corrected chi connectivity index (χ0v) is 19.8. The lowest BCUT2D eigenvalue weighted by atomic mass is 10.0.